The lowest BCUT2D eigenvalue weighted by atomic mass is 10.2. The van der Waals surface area contributed by atoms with Gasteiger partial charge in [-0.2, -0.15) is 0 Å². The predicted octanol–water partition coefficient (Wildman–Crippen LogP) is 3.29. The third kappa shape index (κ3) is 2.52. The zero-order chi connectivity index (χ0) is 15.0. The molecule has 4 nitrogen and oxygen atoms in total. The Balaban J connectivity index is 1.99. The molecule has 0 aliphatic heterocycles. The monoisotopic (exact) mass is 300 g/mol. The van der Waals surface area contributed by atoms with Crippen LogP contribution in [0.15, 0.2) is 59.6 Å². The van der Waals surface area contributed by atoms with Crippen molar-refractivity contribution in [2.45, 2.75) is 11.8 Å². The number of aromatic nitrogens is 1. The number of fused-ring (bicyclic) bond motifs is 1. The van der Waals surface area contributed by atoms with Crippen molar-refractivity contribution in [2.75, 3.05) is 4.72 Å². The first kappa shape index (κ1) is 13.7. The molecule has 0 saturated heterocycles. The first-order chi connectivity index (χ1) is 9.97. The molecule has 3 aromatic rings. The van der Waals surface area contributed by atoms with E-state index < -0.39 is 10.0 Å². The van der Waals surface area contributed by atoms with Crippen molar-refractivity contribution in [3.8, 4) is 0 Å². The highest BCUT2D eigenvalue weighted by Crippen LogP contribution is 2.23. The fraction of sp³-hybridized carbons (Fsp3) is 0.125. The van der Waals surface area contributed by atoms with E-state index >= 15 is 0 Å². The molecule has 0 unspecified atom stereocenters. The molecular formula is C16H16N2O2S. The Morgan fingerprint density at radius 3 is 2.57 bits per heavy atom. The van der Waals surface area contributed by atoms with E-state index in [1.807, 2.05) is 42.1 Å². The van der Waals surface area contributed by atoms with E-state index in [2.05, 4.69) is 4.72 Å². The SMILES string of the molecule is Cc1ccccc1S(=O)(=O)Nc1ccc2c(ccn2C)c1. The van der Waals surface area contributed by atoms with Crippen LogP contribution in [0.3, 0.4) is 0 Å². The Morgan fingerprint density at radius 2 is 1.81 bits per heavy atom. The average Bonchev–Trinajstić information content (AvgIpc) is 2.80. The van der Waals surface area contributed by atoms with Crippen molar-refractivity contribution in [3.63, 3.8) is 0 Å². The van der Waals surface area contributed by atoms with Gasteiger partial charge < -0.3 is 4.57 Å². The van der Waals surface area contributed by atoms with Crippen LogP contribution in [0.25, 0.3) is 10.9 Å². The summed E-state index contributed by atoms with van der Waals surface area (Å²) in [6.07, 6.45) is 1.95. The molecule has 1 N–H and O–H groups in total. The molecule has 1 aromatic heterocycles. The molecule has 3 rings (SSSR count). The highest BCUT2D eigenvalue weighted by atomic mass is 32.2. The Labute approximate surface area is 124 Å². The Hall–Kier alpha value is -2.27. The van der Waals surface area contributed by atoms with Crippen molar-refractivity contribution in [3.05, 3.63) is 60.3 Å². The van der Waals surface area contributed by atoms with Crippen LogP contribution in [0, 0.1) is 6.92 Å². The summed E-state index contributed by atoms with van der Waals surface area (Å²) >= 11 is 0. The van der Waals surface area contributed by atoms with Crippen LogP contribution in [-0.4, -0.2) is 13.0 Å². The van der Waals surface area contributed by atoms with E-state index in [-0.39, 0.29) is 0 Å². The summed E-state index contributed by atoms with van der Waals surface area (Å²) < 4.78 is 29.5. The van der Waals surface area contributed by atoms with Crippen LogP contribution < -0.4 is 4.72 Å². The lowest BCUT2D eigenvalue weighted by molar-refractivity contribution is 0.600. The molecule has 2 aromatic carbocycles. The molecule has 21 heavy (non-hydrogen) atoms. The van der Waals surface area contributed by atoms with Gasteiger partial charge in [-0.3, -0.25) is 4.72 Å². The van der Waals surface area contributed by atoms with E-state index in [9.17, 15) is 8.42 Å². The number of rotatable bonds is 3. The molecular weight excluding hydrogens is 284 g/mol. The summed E-state index contributed by atoms with van der Waals surface area (Å²) in [6, 6.07) is 14.4. The van der Waals surface area contributed by atoms with E-state index in [4.69, 9.17) is 0 Å². The predicted molar refractivity (Wildman–Crippen MR) is 84.9 cm³/mol. The zero-order valence-corrected chi connectivity index (χ0v) is 12.7. The molecule has 0 saturated carbocycles. The summed E-state index contributed by atoms with van der Waals surface area (Å²) in [7, 11) is -1.60. The van der Waals surface area contributed by atoms with Gasteiger partial charge in [-0.1, -0.05) is 18.2 Å². The quantitative estimate of drug-likeness (QED) is 0.807. The van der Waals surface area contributed by atoms with Crippen molar-refractivity contribution in [2.24, 2.45) is 7.05 Å². The highest BCUT2D eigenvalue weighted by molar-refractivity contribution is 7.92. The van der Waals surface area contributed by atoms with E-state index in [0.717, 1.165) is 16.5 Å². The second-order valence-electron chi connectivity index (χ2n) is 5.07. The minimum atomic E-state index is -3.56. The zero-order valence-electron chi connectivity index (χ0n) is 11.9. The van der Waals surface area contributed by atoms with Crippen LogP contribution in [0.5, 0.6) is 0 Å². The van der Waals surface area contributed by atoms with E-state index in [0.29, 0.717) is 10.6 Å². The summed E-state index contributed by atoms with van der Waals surface area (Å²) in [4.78, 5) is 0.304. The lowest BCUT2D eigenvalue weighted by Crippen LogP contribution is -2.14. The number of aryl methyl sites for hydroxylation is 2. The van der Waals surface area contributed by atoms with Gasteiger partial charge in [0.2, 0.25) is 0 Å². The smallest absolute Gasteiger partial charge is 0.262 e. The molecule has 1 heterocycles. The number of benzene rings is 2. The van der Waals surface area contributed by atoms with E-state index in [1.165, 1.54) is 0 Å². The van der Waals surface area contributed by atoms with Crippen molar-refractivity contribution >= 4 is 26.6 Å². The second kappa shape index (κ2) is 4.93. The number of sulfonamides is 1. The van der Waals surface area contributed by atoms with Gasteiger partial charge >= 0.3 is 0 Å². The van der Waals surface area contributed by atoms with Crippen LogP contribution >= 0.6 is 0 Å². The summed E-state index contributed by atoms with van der Waals surface area (Å²) in [5, 5.41) is 1.00. The third-order valence-corrected chi connectivity index (χ3v) is 5.06. The molecule has 0 spiro atoms. The molecule has 0 aliphatic carbocycles. The summed E-state index contributed by atoms with van der Waals surface area (Å²) in [6.45, 7) is 1.79. The molecule has 5 heteroatoms. The molecule has 0 radical (unpaired) electrons. The van der Waals surface area contributed by atoms with Gasteiger partial charge in [0, 0.05) is 29.8 Å². The minimum absolute atomic E-state index is 0.304. The fourth-order valence-corrected chi connectivity index (χ4v) is 3.71. The maximum Gasteiger partial charge on any atom is 0.262 e. The van der Waals surface area contributed by atoms with E-state index in [1.54, 1.807) is 31.2 Å². The Morgan fingerprint density at radius 1 is 1.05 bits per heavy atom. The maximum absolute atomic E-state index is 12.4. The number of nitrogens with zero attached hydrogens (tertiary/aromatic N) is 1. The fourth-order valence-electron chi connectivity index (χ4n) is 2.41. The maximum atomic E-state index is 12.4. The van der Waals surface area contributed by atoms with Crippen LogP contribution in [-0.2, 0) is 17.1 Å². The van der Waals surface area contributed by atoms with Gasteiger partial charge in [-0.25, -0.2) is 8.42 Å². The number of anilines is 1. The summed E-state index contributed by atoms with van der Waals surface area (Å²) in [5.74, 6) is 0. The lowest BCUT2D eigenvalue weighted by Gasteiger charge is -2.10. The number of hydrogen-bond acceptors (Lipinski definition) is 2. The van der Waals surface area contributed by atoms with Crippen molar-refractivity contribution < 1.29 is 8.42 Å². The Kier molecular flexibility index (Phi) is 3.22. The number of hydrogen-bond donors (Lipinski definition) is 1. The van der Waals surface area contributed by atoms with Gasteiger partial charge in [-0.05, 0) is 42.8 Å². The highest BCUT2D eigenvalue weighted by Gasteiger charge is 2.16. The van der Waals surface area contributed by atoms with Crippen molar-refractivity contribution in [1.82, 2.24) is 4.57 Å². The molecule has 0 fully saturated rings. The second-order valence-corrected chi connectivity index (χ2v) is 6.72. The summed E-state index contributed by atoms with van der Waals surface area (Å²) in [5.41, 5.74) is 2.36. The topological polar surface area (TPSA) is 51.1 Å². The molecule has 0 amide bonds. The average molecular weight is 300 g/mol. The third-order valence-electron chi connectivity index (χ3n) is 3.52. The van der Waals surface area contributed by atoms with Crippen molar-refractivity contribution in [1.29, 1.82) is 0 Å². The first-order valence-electron chi connectivity index (χ1n) is 6.61. The van der Waals surface area contributed by atoms with Gasteiger partial charge in [0.1, 0.15) is 0 Å². The first-order valence-corrected chi connectivity index (χ1v) is 8.09. The van der Waals surface area contributed by atoms with Crippen LogP contribution in [0.2, 0.25) is 0 Å². The molecule has 0 bridgehead atoms. The van der Waals surface area contributed by atoms with Crippen LogP contribution in [0.4, 0.5) is 5.69 Å². The van der Waals surface area contributed by atoms with Gasteiger partial charge in [0.05, 0.1) is 4.90 Å². The molecule has 108 valence electrons. The number of nitrogens with one attached hydrogen (secondary N) is 1. The standard InChI is InChI=1S/C16H16N2O2S/c1-12-5-3-4-6-16(12)21(19,20)17-14-7-8-15-13(11-14)9-10-18(15)2/h3-11,17H,1-2H3. The van der Waals surface area contributed by atoms with Gasteiger partial charge in [-0.15, -0.1) is 0 Å². The van der Waals surface area contributed by atoms with Gasteiger partial charge in [0.15, 0.2) is 0 Å². The van der Waals surface area contributed by atoms with Crippen LogP contribution in [0.1, 0.15) is 5.56 Å². The molecule has 0 aliphatic rings. The normalized spacial score (nSPS) is 11.7. The van der Waals surface area contributed by atoms with Gasteiger partial charge in [0.25, 0.3) is 10.0 Å². The molecule has 0 atom stereocenters. The minimum Gasteiger partial charge on any atom is -0.351 e. The Bertz CT molecular complexity index is 911. The largest absolute Gasteiger partial charge is 0.351 e.